The fraction of sp³-hybridized carbons (Fsp3) is 0.583. The molecule has 0 aromatic carbocycles. The van der Waals surface area contributed by atoms with Crippen LogP contribution in [0.25, 0.3) is 0 Å². The van der Waals surface area contributed by atoms with E-state index in [1.807, 2.05) is 0 Å². The van der Waals surface area contributed by atoms with Gasteiger partial charge in [-0.05, 0) is 46.5 Å². The zero-order chi connectivity index (χ0) is 9.40. The van der Waals surface area contributed by atoms with Crippen molar-refractivity contribution in [2.75, 3.05) is 0 Å². The van der Waals surface area contributed by atoms with E-state index in [9.17, 15) is 0 Å². The third kappa shape index (κ3) is 7.59. The fourth-order valence-corrected chi connectivity index (χ4v) is 1.08. The highest BCUT2D eigenvalue weighted by Gasteiger charge is 1.86. The van der Waals surface area contributed by atoms with Gasteiger partial charge in [-0.3, -0.25) is 0 Å². The second kappa shape index (κ2) is 7.15. The second-order valence-corrected chi connectivity index (χ2v) is 3.51. The summed E-state index contributed by atoms with van der Waals surface area (Å²) in [6.45, 7) is 10.3. The third-order valence-electron chi connectivity index (χ3n) is 1.78. The van der Waals surface area contributed by atoms with Gasteiger partial charge in [-0.25, -0.2) is 0 Å². The largest absolute Gasteiger partial charge is 0.0856 e. The Hall–Kier alpha value is -0.520. The van der Waals surface area contributed by atoms with E-state index in [2.05, 4.69) is 39.8 Å². The predicted molar refractivity (Wildman–Crippen MR) is 57.0 cm³/mol. The van der Waals surface area contributed by atoms with Gasteiger partial charge in [-0.15, -0.1) is 0 Å². The molecular weight excluding hydrogens is 144 g/mol. The Labute approximate surface area is 77.4 Å². The molecule has 0 atom stereocenters. The Bertz CT molecular complexity index is 157. The van der Waals surface area contributed by atoms with Crippen molar-refractivity contribution in [2.24, 2.45) is 0 Å². The summed E-state index contributed by atoms with van der Waals surface area (Å²) in [5.74, 6) is 0. The van der Waals surface area contributed by atoms with Gasteiger partial charge in [0, 0.05) is 0 Å². The van der Waals surface area contributed by atoms with Crippen LogP contribution in [0.3, 0.4) is 0 Å². The molecule has 1 radical (unpaired) electrons. The molecule has 0 aliphatic heterocycles. The first-order chi connectivity index (χ1) is 5.66. The lowest BCUT2D eigenvalue weighted by atomic mass is 10.1. The Kier molecular flexibility index (Phi) is 6.84. The number of hydrogen-bond acceptors (Lipinski definition) is 0. The quantitative estimate of drug-likeness (QED) is 0.421. The average molecular weight is 165 g/mol. The van der Waals surface area contributed by atoms with Crippen LogP contribution in [0.5, 0.6) is 0 Å². The highest BCUT2D eigenvalue weighted by molar-refractivity contribution is 5.00. The van der Waals surface area contributed by atoms with Crippen molar-refractivity contribution < 1.29 is 0 Å². The van der Waals surface area contributed by atoms with E-state index in [1.54, 1.807) is 0 Å². The third-order valence-corrected chi connectivity index (χ3v) is 1.78. The standard InChI is InChI=1S/C12H21/c1-5-8-12(4)10-7-6-9-11(2)3/h9-10H,1,5-8H2,2-4H3. The van der Waals surface area contributed by atoms with Crippen LogP contribution < -0.4 is 0 Å². The molecule has 0 aromatic rings. The van der Waals surface area contributed by atoms with E-state index in [4.69, 9.17) is 0 Å². The molecule has 0 heteroatoms. The summed E-state index contributed by atoms with van der Waals surface area (Å²) in [6.07, 6.45) is 9.13. The second-order valence-electron chi connectivity index (χ2n) is 3.51. The Morgan fingerprint density at radius 2 is 1.67 bits per heavy atom. The van der Waals surface area contributed by atoms with Crippen LogP contribution in [-0.4, -0.2) is 0 Å². The van der Waals surface area contributed by atoms with Gasteiger partial charge in [-0.1, -0.05) is 30.2 Å². The topological polar surface area (TPSA) is 0 Å². The highest BCUT2D eigenvalue weighted by Crippen LogP contribution is 2.06. The molecule has 0 aliphatic rings. The summed E-state index contributed by atoms with van der Waals surface area (Å²) >= 11 is 0. The van der Waals surface area contributed by atoms with Crippen molar-refractivity contribution >= 4 is 0 Å². The summed E-state index contributed by atoms with van der Waals surface area (Å²) in [6, 6.07) is 0. The highest BCUT2D eigenvalue weighted by atomic mass is 13.9. The maximum Gasteiger partial charge on any atom is -0.0313 e. The summed E-state index contributed by atoms with van der Waals surface area (Å²) in [7, 11) is 0. The van der Waals surface area contributed by atoms with Crippen LogP contribution >= 0.6 is 0 Å². The van der Waals surface area contributed by atoms with Crippen molar-refractivity contribution in [3.05, 3.63) is 30.2 Å². The first-order valence-corrected chi connectivity index (χ1v) is 4.75. The van der Waals surface area contributed by atoms with Gasteiger partial charge < -0.3 is 0 Å². The first-order valence-electron chi connectivity index (χ1n) is 4.75. The van der Waals surface area contributed by atoms with Crippen molar-refractivity contribution in [1.29, 1.82) is 0 Å². The molecule has 0 saturated heterocycles. The van der Waals surface area contributed by atoms with Crippen LogP contribution in [0.1, 0.15) is 46.5 Å². The molecule has 0 rings (SSSR count). The van der Waals surface area contributed by atoms with Crippen molar-refractivity contribution in [3.63, 3.8) is 0 Å². The Balaban J connectivity index is 3.53. The molecule has 0 amide bonds. The van der Waals surface area contributed by atoms with E-state index >= 15 is 0 Å². The molecular formula is C12H21. The van der Waals surface area contributed by atoms with Crippen LogP contribution in [0.2, 0.25) is 0 Å². The minimum absolute atomic E-state index is 1.02. The number of unbranched alkanes of at least 4 members (excludes halogenated alkanes) is 1. The van der Waals surface area contributed by atoms with Gasteiger partial charge in [0.2, 0.25) is 0 Å². The van der Waals surface area contributed by atoms with Crippen molar-refractivity contribution in [1.82, 2.24) is 0 Å². The molecule has 0 heterocycles. The van der Waals surface area contributed by atoms with E-state index < -0.39 is 0 Å². The predicted octanol–water partition coefficient (Wildman–Crippen LogP) is 4.29. The lowest BCUT2D eigenvalue weighted by molar-refractivity contribution is 0.939. The maximum atomic E-state index is 3.83. The van der Waals surface area contributed by atoms with Gasteiger partial charge in [0.15, 0.2) is 0 Å². The maximum absolute atomic E-state index is 3.83. The summed E-state index contributed by atoms with van der Waals surface area (Å²) in [5.41, 5.74) is 2.89. The number of rotatable bonds is 5. The van der Waals surface area contributed by atoms with Crippen molar-refractivity contribution in [3.8, 4) is 0 Å². The van der Waals surface area contributed by atoms with Crippen molar-refractivity contribution in [2.45, 2.75) is 46.5 Å². The molecule has 0 aliphatic carbocycles. The Morgan fingerprint density at radius 1 is 1.08 bits per heavy atom. The van der Waals surface area contributed by atoms with Crippen LogP contribution in [0.15, 0.2) is 23.3 Å². The lowest BCUT2D eigenvalue weighted by Crippen LogP contribution is -1.76. The first kappa shape index (κ1) is 11.5. The minimum atomic E-state index is 1.02. The van der Waals surface area contributed by atoms with E-state index in [1.165, 1.54) is 24.0 Å². The summed E-state index contributed by atoms with van der Waals surface area (Å²) in [5, 5.41) is 0. The van der Waals surface area contributed by atoms with E-state index in [0.29, 0.717) is 0 Å². The van der Waals surface area contributed by atoms with E-state index in [-0.39, 0.29) is 0 Å². The molecule has 0 N–H and O–H groups in total. The summed E-state index contributed by atoms with van der Waals surface area (Å²) < 4.78 is 0. The Morgan fingerprint density at radius 3 is 2.17 bits per heavy atom. The molecule has 0 spiro atoms. The smallest absolute Gasteiger partial charge is 0.0313 e. The zero-order valence-electron chi connectivity index (χ0n) is 8.69. The monoisotopic (exact) mass is 165 g/mol. The van der Waals surface area contributed by atoms with Crippen LogP contribution in [0, 0.1) is 6.92 Å². The molecule has 12 heavy (non-hydrogen) atoms. The van der Waals surface area contributed by atoms with Crippen LogP contribution in [-0.2, 0) is 0 Å². The number of allylic oxidation sites excluding steroid dienone is 4. The fourth-order valence-electron chi connectivity index (χ4n) is 1.08. The van der Waals surface area contributed by atoms with Gasteiger partial charge in [0.25, 0.3) is 0 Å². The molecule has 0 aromatic heterocycles. The van der Waals surface area contributed by atoms with E-state index in [0.717, 1.165) is 12.8 Å². The van der Waals surface area contributed by atoms with Gasteiger partial charge in [0.1, 0.15) is 0 Å². The molecule has 0 bridgehead atoms. The molecule has 0 saturated carbocycles. The minimum Gasteiger partial charge on any atom is -0.0856 e. The van der Waals surface area contributed by atoms with Gasteiger partial charge in [0.05, 0.1) is 0 Å². The normalized spacial score (nSPS) is 11.5. The number of hydrogen-bond donors (Lipinski definition) is 0. The SMILES string of the molecule is [CH2]CCC(C)=CCCC=C(C)C. The van der Waals surface area contributed by atoms with Gasteiger partial charge in [-0.2, -0.15) is 0 Å². The molecule has 0 unspecified atom stereocenters. The van der Waals surface area contributed by atoms with Gasteiger partial charge >= 0.3 is 0 Å². The lowest BCUT2D eigenvalue weighted by Gasteiger charge is -1.96. The molecule has 69 valence electrons. The molecule has 0 fully saturated rings. The average Bonchev–Trinajstić information content (AvgIpc) is 1.98. The van der Waals surface area contributed by atoms with Crippen LogP contribution in [0.4, 0.5) is 0 Å². The zero-order valence-corrected chi connectivity index (χ0v) is 8.69. The molecule has 0 nitrogen and oxygen atoms in total. The summed E-state index contributed by atoms with van der Waals surface area (Å²) in [4.78, 5) is 0.